The van der Waals surface area contributed by atoms with Crippen molar-refractivity contribution in [2.75, 3.05) is 6.54 Å². The van der Waals surface area contributed by atoms with Gasteiger partial charge >= 0.3 is 0 Å². The zero-order valence-corrected chi connectivity index (χ0v) is 13.5. The van der Waals surface area contributed by atoms with Crippen molar-refractivity contribution in [2.24, 2.45) is 0 Å². The van der Waals surface area contributed by atoms with Gasteiger partial charge in [-0.2, -0.15) is 0 Å². The van der Waals surface area contributed by atoms with E-state index in [0.29, 0.717) is 5.56 Å². The lowest BCUT2D eigenvalue weighted by Gasteiger charge is -2.20. The highest BCUT2D eigenvalue weighted by atomic mass is 79.9. The number of halogens is 3. The number of nitrogens with zero attached hydrogens (tertiary/aromatic N) is 1. The molecule has 0 amide bonds. The summed E-state index contributed by atoms with van der Waals surface area (Å²) in [4.78, 5) is 4.35. The zero-order valence-electron chi connectivity index (χ0n) is 10.3. The van der Waals surface area contributed by atoms with Crippen LogP contribution in [-0.4, -0.2) is 11.5 Å². The van der Waals surface area contributed by atoms with Crippen molar-refractivity contribution < 1.29 is 4.39 Å². The topological polar surface area (TPSA) is 24.9 Å². The lowest BCUT2D eigenvalue weighted by atomic mass is 10.0. The SMILES string of the molecule is CCNC(c1cc(Br)ccc1F)c1ncccc1Br. The van der Waals surface area contributed by atoms with Crippen LogP contribution in [0.3, 0.4) is 0 Å². The summed E-state index contributed by atoms with van der Waals surface area (Å²) < 4.78 is 15.8. The third kappa shape index (κ3) is 3.41. The molecule has 100 valence electrons. The smallest absolute Gasteiger partial charge is 0.128 e. The number of rotatable bonds is 4. The van der Waals surface area contributed by atoms with E-state index in [1.807, 2.05) is 19.1 Å². The van der Waals surface area contributed by atoms with Gasteiger partial charge in [-0.3, -0.25) is 4.98 Å². The van der Waals surface area contributed by atoms with Gasteiger partial charge in [0.05, 0.1) is 11.7 Å². The summed E-state index contributed by atoms with van der Waals surface area (Å²) in [7, 11) is 0. The van der Waals surface area contributed by atoms with Crippen LogP contribution in [0.25, 0.3) is 0 Å². The van der Waals surface area contributed by atoms with Crippen LogP contribution in [-0.2, 0) is 0 Å². The average molecular weight is 388 g/mol. The van der Waals surface area contributed by atoms with Gasteiger partial charge in [-0.1, -0.05) is 22.9 Å². The third-order valence-electron chi connectivity index (χ3n) is 2.74. The molecular weight excluding hydrogens is 375 g/mol. The van der Waals surface area contributed by atoms with Crippen molar-refractivity contribution in [1.82, 2.24) is 10.3 Å². The molecule has 1 aromatic carbocycles. The highest BCUT2D eigenvalue weighted by Gasteiger charge is 2.20. The van der Waals surface area contributed by atoms with Gasteiger partial charge < -0.3 is 5.32 Å². The summed E-state index contributed by atoms with van der Waals surface area (Å²) in [5.41, 5.74) is 1.36. The fourth-order valence-corrected chi connectivity index (χ4v) is 2.77. The number of benzene rings is 1. The molecule has 0 spiro atoms. The van der Waals surface area contributed by atoms with E-state index in [0.717, 1.165) is 21.2 Å². The zero-order chi connectivity index (χ0) is 13.8. The molecule has 0 aliphatic heterocycles. The van der Waals surface area contributed by atoms with Crippen molar-refractivity contribution in [3.63, 3.8) is 0 Å². The minimum Gasteiger partial charge on any atom is -0.305 e. The van der Waals surface area contributed by atoms with E-state index in [2.05, 4.69) is 42.2 Å². The predicted molar refractivity (Wildman–Crippen MR) is 81.6 cm³/mol. The minimum absolute atomic E-state index is 0.244. The molecule has 1 unspecified atom stereocenters. The van der Waals surface area contributed by atoms with Gasteiger partial charge in [0.15, 0.2) is 0 Å². The molecule has 2 rings (SSSR count). The monoisotopic (exact) mass is 386 g/mol. The molecule has 1 aromatic heterocycles. The molecule has 2 nitrogen and oxygen atoms in total. The Hall–Kier alpha value is -0.780. The molecule has 2 aromatic rings. The number of aromatic nitrogens is 1. The normalized spacial score (nSPS) is 12.4. The lowest BCUT2D eigenvalue weighted by Crippen LogP contribution is -2.24. The molecular formula is C14H13Br2FN2. The summed E-state index contributed by atoms with van der Waals surface area (Å²) >= 11 is 6.85. The Morgan fingerprint density at radius 2 is 2.11 bits per heavy atom. The van der Waals surface area contributed by atoms with Gasteiger partial charge in [0.1, 0.15) is 5.82 Å². The maximum atomic E-state index is 14.1. The summed E-state index contributed by atoms with van der Waals surface area (Å²) in [6.07, 6.45) is 1.71. The molecule has 1 heterocycles. The Morgan fingerprint density at radius 1 is 1.32 bits per heavy atom. The van der Waals surface area contributed by atoms with E-state index in [-0.39, 0.29) is 11.9 Å². The van der Waals surface area contributed by atoms with E-state index in [1.54, 1.807) is 18.3 Å². The molecule has 5 heteroatoms. The highest BCUT2D eigenvalue weighted by molar-refractivity contribution is 9.10. The largest absolute Gasteiger partial charge is 0.305 e. The summed E-state index contributed by atoms with van der Waals surface area (Å²) in [6, 6.07) is 8.40. The van der Waals surface area contributed by atoms with E-state index in [1.165, 1.54) is 6.07 Å². The molecule has 0 bridgehead atoms. The molecule has 0 radical (unpaired) electrons. The molecule has 0 saturated heterocycles. The van der Waals surface area contributed by atoms with Crippen LogP contribution in [0.4, 0.5) is 4.39 Å². The minimum atomic E-state index is -0.280. The van der Waals surface area contributed by atoms with E-state index in [4.69, 9.17) is 0 Å². The Bertz CT molecular complexity index is 575. The van der Waals surface area contributed by atoms with E-state index in [9.17, 15) is 4.39 Å². The number of hydrogen-bond donors (Lipinski definition) is 1. The second-order valence-electron chi connectivity index (χ2n) is 4.03. The van der Waals surface area contributed by atoms with Crippen molar-refractivity contribution in [1.29, 1.82) is 0 Å². The summed E-state index contributed by atoms with van der Waals surface area (Å²) in [5, 5.41) is 3.27. The number of pyridine rings is 1. The van der Waals surface area contributed by atoms with Crippen LogP contribution < -0.4 is 5.32 Å². The van der Waals surface area contributed by atoms with Crippen molar-refractivity contribution >= 4 is 31.9 Å². The number of hydrogen-bond acceptors (Lipinski definition) is 2. The maximum Gasteiger partial charge on any atom is 0.128 e. The standard InChI is InChI=1S/C14H13Br2FN2/c1-2-18-13(14-11(16)4-3-7-19-14)10-8-9(15)5-6-12(10)17/h3-8,13,18H,2H2,1H3. The lowest BCUT2D eigenvalue weighted by molar-refractivity contribution is 0.550. The van der Waals surface area contributed by atoms with Crippen molar-refractivity contribution in [3.8, 4) is 0 Å². The van der Waals surface area contributed by atoms with Crippen LogP contribution >= 0.6 is 31.9 Å². The molecule has 0 aliphatic rings. The maximum absolute atomic E-state index is 14.1. The van der Waals surface area contributed by atoms with Gasteiger partial charge in [0, 0.05) is 20.7 Å². The van der Waals surface area contributed by atoms with Gasteiger partial charge in [-0.05, 0) is 52.8 Å². The van der Waals surface area contributed by atoms with Crippen LogP contribution in [0.1, 0.15) is 24.2 Å². The van der Waals surface area contributed by atoms with Gasteiger partial charge in [-0.25, -0.2) is 4.39 Å². The first-order chi connectivity index (χ1) is 9.13. The Labute approximate surface area is 128 Å². The fourth-order valence-electron chi connectivity index (χ4n) is 1.90. The molecule has 1 N–H and O–H groups in total. The fraction of sp³-hybridized carbons (Fsp3) is 0.214. The molecule has 0 saturated carbocycles. The first-order valence-corrected chi connectivity index (χ1v) is 7.50. The first kappa shape index (κ1) is 14.6. The second kappa shape index (κ2) is 6.59. The predicted octanol–water partition coefficient (Wildman–Crippen LogP) is 4.44. The second-order valence-corrected chi connectivity index (χ2v) is 5.80. The van der Waals surface area contributed by atoms with Crippen molar-refractivity contribution in [3.05, 3.63) is 62.5 Å². The Balaban J connectivity index is 2.51. The molecule has 19 heavy (non-hydrogen) atoms. The van der Waals surface area contributed by atoms with Crippen LogP contribution in [0.15, 0.2) is 45.5 Å². The van der Waals surface area contributed by atoms with Crippen molar-refractivity contribution in [2.45, 2.75) is 13.0 Å². The van der Waals surface area contributed by atoms with Crippen LogP contribution in [0.2, 0.25) is 0 Å². The average Bonchev–Trinajstić information content (AvgIpc) is 2.40. The molecule has 0 aliphatic carbocycles. The van der Waals surface area contributed by atoms with E-state index < -0.39 is 0 Å². The molecule has 0 fully saturated rings. The van der Waals surface area contributed by atoms with Crippen LogP contribution in [0, 0.1) is 5.82 Å². The highest BCUT2D eigenvalue weighted by Crippen LogP contribution is 2.29. The van der Waals surface area contributed by atoms with Gasteiger partial charge in [-0.15, -0.1) is 0 Å². The van der Waals surface area contributed by atoms with Gasteiger partial charge in [0.25, 0.3) is 0 Å². The number of nitrogens with one attached hydrogen (secondary N) is 1. The Morgan fingerprint density at radius 3 is 2.79 bits per heavy atom. The summed E-state index contributed by atoms with van der Waals surface area (Å²) in [5.74, 6) is -0.244. The van der Waals surface area contributed by atoms with Crippen LogP contribution in [0.5, 0.6) is 0 Å². The molecule has 1 atom stereocenters. The third-order valence-corrected chi connectivity index (χ3v) is 3.90. The first-order valence-electron chi connectivity index (χ1n) is 5.92. The van der Waals surface area contributed by atoms with E-state index >= 15 is 0 Å². The Kier molecular flexibility index (Phi) is 5.07. The quantitative estimate of drug-likeness (QED) is 0.838. The summed E-state index contributed by atoms with van der Waals surface area (Å²) in [6.45, 7) is 2.71. The van der Waals surface area contributed by atoms with Gasteiger partial charge in [0.2, 0.25) is 0 Å².